The first-order valence-electron chi connectivity index (χ1n) is 5.57. The number of aromatic nitrogens is 1. The highest BCUT2D eigenvalue weighted by Gasteiger charge is 2.08. The Morgan fingerprint density at radius 3 is 2.82 bits per heavy atom. The van der Waals surface area contributed by atoms with Gasteiger partial charge < -0.3 is 4.57 Å². The third kappa shape index (κ3) is 2.64. The zero-order valence-corrected chi connectivity index (χ0v) is 11.1. The van der Waals surface area contributed by atoms with Crippen LogP contribution in [0.15, 0.2) is 24.4 Å². The number of carbonyl (C=O) groups is 1. The SMILES string of the molecule is CCCC(=O)Cn1ccc2c(Cl)cc(Cl)cc21. The molecule has 0 saturated carbocycles. The summed E-state index contributed by atoms with van der Waals surface area (Å²) in [6.45, 7) is 2.38. The highest BCUT2D eigenvalue weighted by Crippen LogP contribution is 2.28. The van der Waals surface area contributed by atoms with Crippen LogP contribution in [0.25, 0.3) is 10.9 Å². The fourth-order valence-electron chi connectivity index (χ4n) is 1.90. The first-order chi connectivity index (χ1) is 8.11. The van der Waals surface area contributed by atoms with Gasteiger partial charge in [0, 0.05) is 23.0 Å². The number of halogens is 2. The largest absolute Gasteiger partial charge is 0.340 e. The van der Waals surface area contributed by atoms with E-state index in [1.165, 1.54) is 0 Å². The smallest absolute Gasteiger partial charge is 0.152 e. The first kappa shape index (κ1) is 12.5. The lowest BCUT2D eigenvalue weighted by Crippen LogP contribution is -2.08. The van der Waals surface area contributed by atoms with Crippen LogP contribution in [0.5, 0.6) is 0 Å². The van der Waals surface area contributed by atoms with Gasteiger partial charge in [-0.15, -0.1) is 0 Å². The molecule has 0 aliphatic heterocycles. The summed E-state index contributed by atoms with van der Waals surface area (Å²) in [5.41, 5.74) is 0.909. The predicted molar refractivity (Wildman–Crippen MR) is 71.9 cm³/mol. The molecule has 2 rings (SSSR count). The van der Waals surface area contributed by atoms with E-state index in [9.17, 15) is 4.79 Å². The fraction of sp³-hybridized carbons (Fsp3) is 0.308. The molecule has 0 spiro atoms. The molecule has 17 heavy (non-hydrogen) atoms. The van der Waals surface area contributed by atoms with Gasteiger partial charge >= 0.3 is 0 Å². The molecule has 1 aromatic heterocycles. The highest BCUT2D eigenvalue weighted by atomic mass is 35.5. The van der Waals surface area contributed by atoms with Crippen molar-refractivity contribution in [3.05, 3.63) is 34.4 Å². The summed E-state index contributed by atoms with van der Waals surface area (Å²) in [7, 11) is 0. The molecule has 2 nitrogen and oxygen atoms in total. The Bertz CT molecular complexity index is 560. The maximum Gasteiger partial charge on any atom is 0.152 e. The van der Waals surface area contributed by atoms with Crippen LogP contribution in [0.3, 0.4) is 0 Å². The second-order valence-corrected chi connectivity index (χ2v) is 4.90. The first-order valence-corrected chi connectivity index (χ1v) is 6.33. The monoisotopic (exact) mass is 269 g/mol. The van der Waals surface area contributed by atoms with Gasteiger partial charge in [-0.25, -0.2) is 0 Å². The molecule has 1 aromatic carbocycles. The number of rotatable bonds is 4. The van der Waals surface area contributed by atoms with Crippen molar-refractivity contribution in [3.8, 4) is 0 Å². The Morgan fingerprint density at radius 1 is 1.35 bits per heavy atom. The molecule has 2 aromatic rings. The maximum atomic E-state index is 11.6. The molecular weight excluding hydrogens is 257 g/mol. The minimum Gasteiger partial charge on any atom is -0.340 e. The Balaban J connectivity index is 2.39. The van der Waals surface area contributed by atoms with Gasteiger partial charge in [-0.1, -0.05) is 30.1 Å². The number of nitrogens with zero attached hydrogens (tertiary/aromatic N) is 1. The second-order valence-electron chi connectivity index (χ2n) is 4.05. The molecule has 0 radical (unpaired) electrons. The number of fused-ring (bicyclic) bond motifs is 1. The lowest BCUT2D eigenvalue weighted by molar-refractivity contribution is -0.119. The third-order valence-corrected chi connectivity index (χ3v) is 3.21. The number of hydrogen-bond acceptors (Lipinski definition) is 1. The second kappa shape index (κ2) is 5.11. The summed E-state index contributed by atoms with van der Waals surface area (Å²) in [5.74, 6) is 0.223. The Morgan fingerprint density at radius 2 is 2.12 bits per heavy atom. The number of carbonyl (C=O) groups excluding carboxylic acids is 1. The Kier molecular flexibility index (Phi) is 3.75. The van der Waals surface area contributed by atoms with Crippen LogP contribution in [0.4, 0.5) is 0 Å². The van der Waals surface area contributed by atoms with E-state index in [1.807, 2.05) is 29.8 Å². The quantitative estimate of drug-likeness (QED) is 0.811. The van der Waals surface area contributed by atoms with Crippen LogP contribution >= 0.6 is 23.2 Å². The van der Waals surface area contributed by atoms with Crippen molar-refractivity contribution in [1.29, 1.82) is 0 Å². The lowest BCUT2D eigenvalue weighted by atomic mass is 10.2. The minimum absolute atomic E-state index is 0.223. The molecule has 0 amide bonds. The van der Waals surface area contributed by atoms with Gasteiger partial charge in [-0.2, -0.15) is 0 Å². The van der Waals surface area contributed by atoms with Gasteiger partial charge in [0.1, 0.15) is 0 Å². The fourth-order valence-corrected chi connectivity index (χ4v) is 2.45. The molecule has 0 aliphatic rings. The van der Waals surface area contributed by atoms with E-state index in [0.29, 0.717) is 23.0 Å². The van der Waals surface area contributed by atoms with Crippen molar-refractivity contribution in [3.63, 3.8) is 0 Å². The maximum absolute atomic E-state index is 11.6. The van der Waals surface area contributed by atoms with E-state index in [4.69, 9.17) is 23.2 Å². The summed E-state index contributed by atoms with van der Waals surface area (Å²) in [6.07, 6.45) is 3.36. The molecule has 0 atom stereocenters. The third-order valence-electron chi connectivity index (χ3n) is 2.68. The number of Topliss-reactive ketones (excluding diaryl/α,β-unsaturated/α-hetero) is 1. The van der Waals surface area contributed by atoms with Crippen LogP contribution in [0.1, 0.15) is 19.8 Å². The van der Waals surface area contributed by atoms with Crippen molar-refractivity contribution in [2.75, 3.05) is 0 Å². The van der Waals surface area contributed by atoms with Gasteiger partial charge in [-0.3, -0.25) is 4.79 Å². The van der Waals surface area contributed by atoms with Gasteiger partial charge in [0.05, 0.1) is 17.1 Å². The highest BCUT2D eigenvalue weighted by molar-refractivity contribution is 6.38. The molecule has 0 unspecified atom stereocenters. The Labute approximate surface area is 110 Å². The molecule has 0 fully saturated rings. The van der Waals surface area contributed by atoms with Gasteiger partial charge in [-0.05, 0) is 24.6 Å². The normalized spacial score (nSPS) is 11.0. The zero-order valence-electron chi connectivity index (χ0n) is 9.54. The molecule has 0 N–H and O–H groups in total. The van der Waals surface area contributed by atoms with E-state index in [0.717, 1.165) is 17.3 Å². The van der Waals surface area contributed by atoms with Gasteiger partial charge in [0.25, 0.3) is 0 Å². The van der Waals surface area contributed by atoms with Crippen LogP contribution in [-0.4, -0.2) is 10.4 Å². The van der Waals surface area contributed by atoms with Crippen molar-refractivity contribution >= 4 is 39.9 Å². The van der Waals surface area contributed by atoms with Gasteiger partial charge in [0.15, 0.2) is 5.78 Å². The van der Waals surface area contributed by atoms with Crippen molar-refractivity contribution in [2.24, 2.45) is 0 Å². The summed E-state index contributed by atoms with van der Waals surface area (Å²) < 4.78 is 1.89. The summed E-state index contributed by atoms with van der Waals surface area (Å²) in [6, 6.07) is 5.46. The van der Waals surface area contributed by atoms with Crippen LogP contribution in [0.2, 0.25) is 10.0 Å². The number of benzene rings is 1. The lowest BCUT2D eigenvalue weighted by Gasteiger charge is -2.05. The standard InChI is InChI=1S/C13H13Cl2NO/c1-2-3-10(17)8-16-5-4-11-12(15)6-9(14)7-13(11)16/h4-7H,2-3,8H2,1H3. The van der Waals surface area contributed by atoms with Gasteiger partial charge in [0.2, 0.25) is 0 Å². The predicted octanol–water partition coefficient (Wildman–Crippen LogP) is 4.32. The van der Waals surface area contributed by atoms with E-state index < -0.39 is 0 Å². The van der Waals surface area contributed by atoms with Crippen molar-refractivity contribution in [1.82, 2.24) is 4.57 Å². The van der Waals surface area contributed by atoms with E-state index in [-0.39, 0.29) is 5.78 Å². The Hall–Kier alpha value is -0.990. The van der Waals surface area contributed by atoms with Crippen LogP contribution < -0.4 is 0 Å². The molecule has 90 valence electrons. The van der Waals surface area contributed by atoms with E-state index in [2.05, 4.69) is 0 Å². The molecule has 4 heteroatoms. The van der Waals surface area contributed by atoms with Crippen LogP contribution in [0, 0.1) is 0 Å². The molecule has 1 heterocycles. The average molecular weight is 270 g/mol. The van der Waals surface area contributed by atoms with Crippen molar-refractivity contribution < 1.29 is 4.79 Å². The summed E-state index contributed by atoms with van der Waals surface area (Å²) >= 11 is 12.1. The molecule has 0 aliphatic carbocycles. The zero-order chi connectivity index (χ0) is 12.4. The molecule has 0 bridgehead atoms. The summed E-state index contributed by atoms with van der Waals surface area (Å²) in [4.78, 5) is 11.6. The average Bonchev–Trinajstić information content (AvgIpc) is 2.62. The number of hydrogen-bond donors (Lipinski definition) is 0. The molecule has 0 saturated heterocycles. The topological polar surface area (TPSA) is 22.0 Å². The summed E-state index contributed by atoms with van der Waals surface area (Å²) in [5, 5.41) is 2.14. The number of ketones is 1. The minimum atomic E-state index is 0.223. The van der Waals surface area contributed by atoms with E-state index >= 15 is 0 Å². The van der Waals surface area contributed by atoms with E-state index in [1.54, 1.807) is 6.07 Å². The van der Waals surface area contributed by atoms with Crippen LogP contribution in [-0.2, 0) is 11.3 Å². The molecular formula is C13H13Cl2NO. The van der Waals surface area contributed by atoms with Crippen molar-refractivity contribution in [2.45, 2.75) is 26.3 Å².